The number of nitrogens with zero attached hydrogens (tertiary/aromatic N) is 1. The quantitative estimate of drug-likeness (QED) is 0.847. The number of carboxylic acid groups (broad SMARTS) is 1. The Morgan fingerprint density at radius 1 is 1.75 bits per heavy atom. The lowest BCUT2D eigenvalue weighted by Crippen LogP contribution is -2.14. The Hall–Kier alpha value is -0.370. The number of halogens is 1. The Kier molecular flexibility index (Phi) is 3.27. The van der Waals surface area contributed by atoms with E-state index >= 15 is 0 Å². The molecule has 6 heteroatoms. The van der Waals surface area contributed by atoms with Crippen LogP contribution in [-0.4, -0.2) is 15.6 Å². The van der Waals surface area contributed by atoms with Gasteiger partial charge in [-0.2, -0.15) is 0 Å². The predicted octanol–water partition coefficient (Wildman–Crippen LogP) is 0.989. The molecule has 0 aromatic carbocycles. The molecule has 1 rings (SSSR count). The van der Waals surface area contributed by atoms with Crippen LogP contribution in [0.2, 0.25) is 0 Å². The highest BCUT2D eigenvalue weighted by atomic mass is 127. The van der Waals surface area contributed by atoms with Crippen molar-refractivity contribution in [3.05, 3.63) is 18.7 Å². The molecule has 66 valence electrons. The molecule has 1 aromatic rings. The molecular formula is C6H6INO3S. The standard InChI is InChI=1S/C6H6INO3S/c7-4-3-8(6(11)12-4)2-1-5(9)10/h3H,1-2H2,(H,9,10). The summed E-state index contributed by atoms with van der Waals surface area (Å²) in [6.45, 7) is 0.258. The van der Waals surface area contributed by atoms with E-state index < -0.39 is 5.97 Å². The topological polar surface area (TPSA) is 59.3 Å². The first-order valence-electron chi connectivity index (χ1n) is 3.17. The van der Waals surface area contributed by atoms with Gasteiger partial charge < -0.3 is 9.67 Å². The first-order valence-corrected chi connectivity index (χ1v) is 5.06. The van der Waals surface area contributed by atoms with Crippen LogP contribution in [0.15, 0.2) is 11.0 Å². The van der Waals surface area contributed by atoms with E-state index in [9.17, 15) is 9.59 Å². The number of carboxylic acids is 1. The molecule has 0 atom stereocenters. The summed E-state index contributed by atoms with van der Waals surface area (Å²) in [5, 5.41) is 8.36. The molecule has 1 N–H and O–H groups in total. The minimum Gasteiger partial charge on any atom is -0.481 e. The fourth-order valence-electron chi connectivity index (χ4n) is 0.716. The van der Waals surface area contributed by atoms with Gasteiger partial charge in [0.25, 0.3) is 0 Å². The monoisotopic (exact) mass is 299 g/mol. The summed E-state index contributed by atoms with van der Waals surface area (Å²) in [6.07, 6.45) is 1.66. The molecular weight excluding hydrogens is 293 g/mol. The van der Waals surface area contributed by atoms with Gasteiger partial charge in [-0.05, 0) is 22.6 Å². The van der Waals surface area contributed by atoms with Crippen molar-refractivity contribution in [1.82, 2.24) is 4.57 Å². The van der Waals surface area contributed by atoms with E-state index in [1.54, 1.807) is 6.20 Å². The minimum atomic E-state index is -0.886. The number of hydrogen-bond acceptors (Lipinski definition) is 3. The average molecular weight is 299 g/mol. The fraction of sp³-hybridized carbons (Fsp3) is 0.333. The van der Waals surface area contributed by atoms with Crippen molar-refractivity contribution in [2.24, 2.45) is 0 Å². The van der Waals surface area contributed by atoms with Gasteiger partial charge in [-0.25, -0.2) is 0 Å². The van der Waals surface area contributed by atoms with Gasteiger partial charge in [0.05, 0.1) is 9.30 Å². The number of hydrogen-bond donors (Lipinski definition) is 1. The lowest BCUT2D eigenvalue weighted by molar-refractivity contribution is -0.137. The molecule has 0 spiro atoms. The molecule has 0 unspecified atom stereocenters. The van der Waals surface area contributed by atoms with Crippen molar-refractivity contribution in [2.45, 2.75) is 13.0 Å². The first-order chi connectivity index (χ1) is 5.59. The van der Waals surface area contributed by atoms with Crippen molar-refractivity contribution in [2.75, 3.05) is 0 Å². The largest absolute Gasteiger partial charge is 0.481 e. The molecule has 0 aliphatic rings. The zero-order valence-corrected chi connectivity index (χ0v) is 8.96. The van der Waals surface area contributed by atoms with Crippen LogP contribution in [0.4, 0.5) is 0 Å². The highest BCUT2D eigenvalue weighted by molar-refractivity contribution is 14.1. The molecule has 12 heavy (non-hydrogen) atoms. The molecule has 1 aromatic heterocycles. The Morgan fingerprint density at radius 3 is 2.83 bits per heavy atom. The highest BCUT2D eigenvalue weighted by Gasteiger charge is 2.03. The molecule has 0 saturated heterocycles. The SMILES string of the molecule is O=C(O)CCn1cc(I)sc1=O. The predicted molar refractivity (Wildman–Crippen MR) is 53.5 cm³/mol. The Morgan fingerprint density at radius 2 is 2.42 bits per heavy atom. The highest BCUT2D eigenvalue weighted by Crippen LogP contribution is 2.06. The van der Waals surface area contributed by atoms with Crippen LogP contribution in [-0.2, 0) is 11.3 Å². The van der Waals surface area contributed by atoms with Crippen LogP contribution in [0, 0.1) is 2.88 Å². The third-order valence-corrected chi connectivity index (χ3v) is 2.89. The lowest BCUT2D eigenvalue weighted by atomic mass is 10.4. The van der Waals surface area contributed by atoms with Crippen LogP contribution in [0.5, 0.6) is 0 Å². The molecule has 0 amide bonds. The van der Waals surface area contributed by atoms with Crippen LogP contribution >= 0.6 is 33.9 Å². The van der Waals surface area contributed by atoms with Gasteiger partial charge in [-0.3, -0.25) is 9.59 Å². The number of thiazole rings is 1. The van der Waals surface area contributed by atoms with Gasteiger partial charge in [0.2, 0.25) is 0 Å². The van der Waals surface area contributed by atoms with Gasteiger partial charge in [0.15, 0.2) is 0 Å². The smallest absolute Gasteiger partial charge is 0.308 e. The number of aromatic nitrogens is 1. The second-order valence-corrected chi connectivity index (χ2v) is 5.03. The molecule has 0 saturated carbocycles. The van der Waals surface area contributed by atoms with Crippen LogP contribution < -0.4 is 4.87 Å². The number of carbonyl (C=O) groups is 1. The van der Waals surface area contributed by atoms with E-state index in [-0.39, 0.29) is 17.8 Å². The van der Waals surface area contributed by atoms with E-state index in [0.717, 1.165) is 14.2 Å². The van der Waals surface area contributed by atoms with Crippen LogP contribution in [0.3, 0.4) is 0 Å². The van der Waals surface area contributed by atoms with Crippen molar-refractivity contribution >= 4 is 39.9 Å². The van der Waals surface area contributed by atoms with E-state index in [2.05, 4.69) is 0 Å². The normalized spacial score (nSPS) is 10.1. The molecule has 0 radical (unpaired) electrons. The first kappa shape index (κ1) is 9.72. The minimum absolute atomic E-state index is 0.00722. The zero-order valence-electron chi connectivity index (χ0n) is 5.99. The number of aryl methyl sites for hydroxylation is 1. The number of rotatable bonds is 3. The lowest BCUT2D eigenvalue weighted by Gasteiger charge is -1.95. The van der Waals surface area contributed by atoms with Crippen molar-refractivity contribution in [3.63, 3.8) is 0 Å². The van der Waals surface area contributed by atoms with Gasteiger partial charge in [-0.1, -0.05) is 11.3 Å². The summed E-state index contributed by atoms with van der Waals surface area (Å²) < 4.78 is 2.29. The Bertz CT molecular complexity index is 343. The summed E-state index contributed by atoms with van der Waals surface area (Å²) in [5.41, 5.74) is 0. The fourth-order valence-corrected chi connectivity index (χ4v) is 2.22. The molecule has 0 aliphatic heterocycles. The van der Waals surface area contributed by atoms with E-state index in [1.807, 2.05) is 22.6 Å². The second kappa shape index (κ2) is 4.04. The number of aliphatic carboxylic acids is 1. The third-order valence-electron chi connectivity index (χ3n) is 1.24. The molecule has 4 nitrogen and oxygen atoms in total. The molecule has 0 fully saturated rings. The van der Waals surface area contributed by atoms with Crippen LogP contribution in [0.25, 0.3) is 0 Å². The molecule has 1 heterocycles. The van der Waals surface area contributed by atoms with E-state index in [1.165, 1.54) is 4.57 Å². The van der Waals surface area contributed by atoms with E-state index in [4.69, 9.17) is 5.11 Å². The summed E-state index contributed by atoms with van der Waals surface area (Å²) in [4.78, 5) is 21.1. The summed E-state index contributed by atoms with van der Waals surface area (Å²) in [7, 11) is 0. The van der Waals surface area contributed by atoms with Gasteiger partial charge in [0, 0.05) is 12.7 Å². The van der Waals surface area contributed by atoms with Gasteiger partial charge in [-0.15, -0.1) is 0 Å². The maximum Gasteiger partial charge on any atom is 0.308 e. The summed E-state index contributed by atoms with van der Waals surface area (Å²) in [6, 6.07) is 0. The maximum atomic E-state index is 11.0. The zero-order chi connectivity index (χ0) is 9.14. The average Bonchev–Trinajstić information content (AvgIpc) is 2.26. The molecule has 0 aliphatic carbocycles. The van der Waals surface area contributed by atoms with Gasteiger partial charge >= 0.3 is 10.8 Å². The van der Waals surface area contributed by atoms with Crippen molar-refractivity contribution in [1.29, 1.82) is 0 Å². The molecule has 0 bridgehead atoms. The van der Waals surface area contributed by atoms with Gasteiger partial charge in [0.1, 0.15) is 0 Å². The van der Waals surface area contributed by atoms with Crippen molar-refractivity contribution < 1.29 is 9.90 Å². The van der Waals surface area contributed by atoms with Crippen molar-refractivity contribution in [3.8, 4) is 0 Å². The second-order valence-electron chi connectivity index (χ2n) is 2.14. The summed E-state index contributed by atoms with van der Waals surface area (Å²) in [5.74, 6) is -0.886. The Labute approximate surface area is 86.0 Å². The Balaban J connectivity index is 2.69. The summed E-state index contributed by atoms with van der Waals surface area (Å²) >= 11 is 3.16. The maximum absolute atomic E-state index is 11.0. The third kappa shape index (κ3) is 2.59. The van der Waals surface area contributed by atoms with Crippen LogP contribution in [0.1, 0.15) is 6.42 Å². The van der Waals surface area contributed by atoms with E-state index in [0.29, 0.717) is 0 Å².